The van der Waals surface area contributed by atoms with Crippen molar-refractivity contribution in [2.24, 2.45) is 0 Å². The zero-order chi connectivity index (χ0) is 15.8. The van der Waals surface area contributed by atoms with Gasteiger partial charge in [0.05, 0.1) is 0 Å². The number of halogens is 2. The molecule has 2 rings (SSSR count). The third-order valence-corrected chi connectivity index (χ3v) is 3.65. The second kappa shape index (κ2) is 8.66. The summed E-state index contributed by atoms with van der Waals surface area (Å²) in [4.78, 5) is 11.7. The smallest absolute Gasteiger partial charge is 0.314 e. The first-order chi connectivity index (χ1) is 10.6. The maximum Gasteiger partial charge on any atom is 0.314 e. The number of carbonyl (C=O) groups is 1. The Kier molecular flexibility index (Phi) is 6.56. The minimum atomic E-state index is -0.163. The van der Waals surface area contributed by atoms with Gasteiger partial charge in [0.1, 0.15) is 0 Å². The van der Waals surface area contributed by atoms with E-state index in [0.717, 1.165) is 24.0 Å². The highest BCUT2D eigenvalue weighted by molar-refractivity contribution is 6.30. The van der Waals surface area contributed by atoms with Gasteiger partial charge in [-0.25, -0.2) is 4.79 Å². The standard InChI is InChI=1S/C17H18Cl2N2O/c18-15-5-1-3-13(11-15)7-9-20-17(22)21-10-8-14-4-2-6-16(19)12-14/h1-6,11-12H,7-10H2,(H2,20,21,22). The highest BCUT2D eigenvalue weighted by atomic mass is 35.5. The second-order valence-electron chi connectivity index (χ2n) is 4.94. The van der Waals surface area contributed by atoms with E-state index >= 15 is 0 Å². The van der Waals surface area contributed by atoms with E-state index in [-0.39, 0.29) is 6.03 Å². The number of hydrogen-bond acceptors (Lipinski definition) is 1. The summed E-state index contributed by atoms with van der Waals surface area (Å²) in [6, 6.07) is 15.1. The zero-order valence-electron chi connectivity index (χ0n) is 12.1. The Morgan fingerprint density at radius 1 is 0.818 bits per heavy atom. The van der Waals surface area contributed by atoms with Crippen LogP contribution in [0.25, 0.3) is 0 Å². The van der Waals surface area contributed by atoms with Crippen molar-refractivity contribution < 1.29 is 4.79 Å². The molecule has 0 aromatic heterocycles. The van der Waals surface area contributed by atoms with Gasteiger partial charge in [0, 0.05) is 23.1 Å². The fraction of sp³-hybridized carbons (Fsp3) is 0.235. The van der Waals surface area contributed by atoms with Gasteiger partial charge in [-0.05, 0) is 48.2 Å². The monoisotopic (exact) mass is 336 g/mol. The van der Waals surface area contributed by atoms with Crippen LogP contribution in [0.15, 0.2) is 48.5 Å². The predicted molar refractivity (Wildman–Crippen MR) is 91.7 cm³/mol. The first-order valence-corrected chi connectivity index (χ1v) is 7.89. The van der Waals surface area contributed by atoms with Crippen LogP contribution in [0, 0.1) is 0 Å². The van der Waals surface area contributed by atoms with E-state index in [1.165, 1.54) is 0 Å². The fourth-order valence-electron chi connectivity index (χ4n) is 2.09. The van der Waals surface area contributed by atoms with E-state index in [1.54, 1.807) is 0 Å². The Labute approximate surface area is 140 Å². The van der Waals surface area contributed by atoms with Gasteiger partial charge in [0.2, 0.25) is 0 Å². The van der Waals surface area contributed by atoms with Gasteiger partial charge >= 0.3 is 6.03 Å². The third-order valence-electron chi connectivity index (χ3n) is 3.18. The molecule has 0 saturated carbocycles. The van der Waals surface area contributed by atoms with Crippen molar-refractivity contribution in [1.82, 2.24) is 10.6 Å². The molecule has 0 radical (unpaired) electrons. The van der Waals surface area contributed by atoms with Crippen LogP contribution in [0.2, 0.25) is 10.0 Å². The topological polar surface area (TPSA) is 41.1 Å². The Bertz CT molecular complexity index is 578. The van der Waals surface area contributed by atoms with Crippen LogP contribution >= 0.6 is 23.2 Å². The average Bonchev–Trinajstić information content (AvgIpc) is 2.47. The number of rotatable bonds is 6. The summed E-state index contributed by atoms with van der Waals surface area (Å²) < 4.78 is 0. The number of carbonyl (C=O) groups excluding carboxylic acids is 1. The van der Waals surface area contributed by atoms with E-state index in [1.807, 2.05) is 48.5 Å². The summed E-state index contributed by atoms with van der Waals surface area (Å²) in [6.45, 7) is 1.15. The summed E-state index contributed by atoms with van der Waals surface area (Å²) in [6.07, 6.45) is 1.50. The summed E-state index contributed by atoms with van der Waals surface area (Å²) in [7, 11) is 0. The Hall–Kier alpha value is -1.71. The van der Waals surface area contributed by atoms with Crippen molar-refractivity contribution in [2.75, 3.05) is 13.1 Å². The van der Waals surface area contributed by atoms with Gasteiger partial charge in [0.15, 0.2) is 0 Å². The van der Waals surface area contributed by atoms with E-state index in [2.05, 4.69) is 10.6 Å². The average molecular weight is 337 g/mol. The van der Waals surface area contributed by atoms with Gasteiger partial charge in [0.25, 0.3) is 0 Å². The zero-order valence-corrected chi connectivity index (χ0v) is 13.6. The van der Waals surface area contributed by atoms with E-state index in [4.69, 9.17) is 23.2 Å². The van der Waals surface area contributed by atoms with E-state index < -0.39 is 0 Å². The lowest BCUT2D eigenvalue weighted by atomic mass is 10.1. The van der Waals surface area contributed by atoms with Crippen molar-refractivity contribution in [2.45, 2.75) is 12.8 Å². The van der Waals surface area contributed by atoms with Crippen LogP contribution in [0.4, 0.5) is 4.79 Å². The molecule has 2 amide bonds. The van der Waals surface area contributed by atoms with Crippen LogP contribution < -0.4 is 10.6 Å². The maximum absolute atomic E-state index is 11.7. The lowest BCUT2D eigenvalue weighted by Crippen LogP contribution is -2.37. The van der Waals surface area contributed by atoms with Crippen LogP contribution in [0.3, 0.4) is 0 Å². The molecular weight excluding hydrogens is 319 g/mol. The normalized spacial score (nSPS) is 10.3. The molecule has 2 aromatic carbocycles. The van der Waals surface area contributed by atoms with E-state index in [0.29, 0.717) is 23.1 Å². The lowest BCUT2D eigenvalue weighted by Gasteiger charge is -2.08. The first kappa shape index (κ1) is 16.7. The third kappa shape index (κ3) is 5.96. The molecule has 5 heteroatoms. The number of nitrogens with one attached hydrogen (secondary N) is 2. The minimum absolute atomic E-state index is 0.163. The first-order valence-electron chi connectivity index (χ1n) is 7.14. The largest absolute Gasteiger partial charge is 0.338 e. The molecule has 0 atom stereocenters. The van der Waals surface area contributed by atoms with Crippen molar-refractivity contribution in [3.8, 4) is 0 Å². The molecule has 0 heterocycles. The highest BCUT2D eigenvalue weighted by Gasteiger charge is 2.01. The summed E-state index contributed by atoms with van der Waals surface area (Å²) >= 11 is 11.8. The second-order valence-corrected chi connectivity index (χ2v) is 5.82. The Balaban J connectivity index is 1.64. The molecule has 0 saturated heterocycles. The highest BCUT2D eigenvalue weighted by Crippen LogP contribution is 2.11. The van der Waals surface area contributed by atoms with Crippen molar-refractivity contribution in [1.29, 1.82) is 0 Å². The summed E-state index contributed by atoms with van der Waals surface area (Å²) in [5.41, 5.74) is 2.21. The quantitative estimate of drug-likeness (QED) is 0.819. The summed E-state index contributed by atoms with van der Waals surface area (Å²) in [5.74, 6) is 0. The van der Waals surface area contributed by atoms with Crippen molar-refractivity contribution in [3.05, 3.63) is 69.7 Å². The molecule has 0 spiro atoms. The SMILES string of the molecule is O=C(NCCc1cccc(Cl)c1)NCCc1cccc(Cl)c1. The molecule has 0 fully saturated rings. The maximum atomic E-state index is 11.7. The van der Waals surface area contributed by atoms with Gasteiger partial charge in [-0.3, -0.25) is 0 Å². The molecule has 0 bridgehead atoms. The number of amides is 2. The van der Waals surface area contributed by atoms with Gasteiger partial charge < -0.3 is 10.6 Å². The van der Waals surface area contributed by atoms with Gasteiger partial charge in [-0.1, -0.05) is 47.5 Å². The van der Waals surface area contributed by atoms with Crippen molar-refractivity contribution >= 4 is 29.2 Å². The lowest BCUT2D eigenvalue weighted by molar-refractivity contribution is 0.241. The molecule has 0 aliphatic heterocycles. The molecule has 2 N–H and O–H groups in total. The van der Waals surface area contributed by atoms with Crippen molar-refractivity contribution in [3.63, 3.8) is 0 Å². The minimum Gasteiger partial charge on any atom is -0.338 e. The van der Waals surface area contributed by atoms with Crippen LogP contribution in [0.1, 0.15) is 11.1 Å². The predicted octanol–water partition coefficient (Wildman–Crippen LogP) is 4.08. The number of hydrogen-bond donors (Lipinski definition) is 2. The molecule has 116 valence electrons. The molecule has 3 nitrogen and oxygen atoms in total. The molecule has 0 aliphatic rings. The fourth-order valence-corrected chi connectivity index (χ4v) is 2.51. The van der Waals surface area contributed by atoms with Gasteiger partial charge in [-0.2, -0.15) is 0 Å². The van der Waals surface area contributed by atoms with Gasteiger partial charge in [-0.15, -0.1) is 0 Å². The number of benzene rings is 2. The molecule has 22 heavy (non-hydrogen) atoms. The molecule has 0 aliphatic carbocycles. The Morgan fingerprint density at radius 2 is 1.27 bits per heavy atom. The van der Waals surface area contributed by atoms with Crippen LogP contribution in [-0.4, -0.2) is 19.1 Å². The van der Waals surface area contributed by atoms with E-state index in [9.17, 15) is 4.79 Å². The molecule has 0 unspecified atom stereocenters. The number of urea groups is 1. The van der Waals surface area contributed by atoms with Crippen LogP contribution in [-0.2, 0) is 12.8 Å². The Morgan fingerprint density at radius 3 is 1.68 bits per heavy atom. The summed E-state index contributed by atoms with van der Waals surface area (Å²) in [5, 5.41) is 7.08. The molecular formula is C17H18Cl2N2O. The van der Waals surface area contributed by atoms with Crippen LogP contribution in [0.5, 0.6) is 0 Å². The molecule has 2 aromatic rings.